The van der Waals surface area contributed by atoms with Gasteiger partial charge < -0.3 is 11.1 Å². The van der Waals surface area contributed by atoms with E-state index in [0.29, 0.717) is 12.0 Å². The van der Waals surface area contributed by atoms with E-state index in [-0.39, 0.29) is 0 Å². The molecule has 0 bridgehead atoms. The van der Waals surface area contributed by atoms with Crippen molar-refractivity contribution in [1.29, 1.82) is 0 Å². The SMILES string of the molecule is CNC(C)C(C)CCN. The van der Waals surface area contributed by atoms with Gasteiger partial charge in [0.1, 0.15) is 0 Å². The fourth-order valence-electron chi connectivity index (χ4n) is 0.797. The van der Waals surface area contributed by atoms with Crippen molar-refractivity contribution in [3.05, 3.63) is 0 Å². The molecule has 0 fully saturated rings. The van der Waals surface area contributed by atoms with Crippen LogP contribution < -0.4 is 11.1 Å². The second-order valence-corrected chi connectivity index (χ2v) is 2.63. The largest absolute Gasteiger partial charge is 0.330 e. The highest BCUT2D eigenvalue weighted by atomic mass is 14.9. The van der Waals surface area contributed by atoms with Crippen LogP contribution in [0.1, 0.15) is 20.3 Å². The number of hydrogen-bond donors (Lipinski definition) is 2. The molecule has 0 aliphatic heterocycles. The first-order valence-corrected chi connectivity index (χ1v) is 3.59. The first-order valence-electron chi connectivity index (χ1n) is 3.59. The van der Waals surface area contributed by atoms with E-state index in [1.54, 1.807) is 0 Å². The van der Waals surface area contributed by atoms with Crippen LogP contribution in [0.2, 0.25) is 0 Å². The average molecular weight is 130 g/mol. The average Bonchev–Trinajstić information content (AvgIpc) is 1.87. The molecule has 9 heavy (non-hydrogen) atoms. The van der Waals surface area contributed by atoms with Crippen molar-refractivity contribution in [2.75, 3.05) is 13.6 Å². The van der Waals surface area contributed by atoms with Gasteiger partial charge in [-0.05, 0) is 32.9 Å². The van der Waals surface area contributed by atoms with Crippen molar-refractivity contribution in [3.63, 3.8) is 0 Å². The second kappa shape index (κ2) is 4.77. The molecule has 0 aliphatic rings. The molecule has 0 heterocycles. The Morgan fingerprint density at radius 3 is 2.33 bits per heavy atom. The smallest absolute Gasteiger partial charge is 0.00618 e. The number of hydrogen-bond acceptors (Lipinski definition) is 2. The van der Waals surface area contributed by atoms with Crippen molar-refractivity contribution in [2.45, 2.75) is 26.3 Å². The van der Waals surface area contributed by atoms with Crippen molar-refractivity contribution in [2.24, 2.45) is 11.7 Å². The Morgan fingerprint density at radius 1 is 1.44 bits per heavy atom. The summed E-state index contributed by atoms with van der Waals surface area (Å²) in [5.41, 5.74) is 5.39. The molecule has 0 radical (unpaired) electrons. The molecule has 0 saturated carbocycles. The van der Waals surface area contributed by atoms with Gasteiger partial charge in [-0.15, -0.1) is 0 Å². The Labute approximate surface area is 57.8 Å². The Bertz CT molecular complexity index is 63.9. The predicted molar refractivity (Wildman–Crippen MR) is 41.4 cm³/mol. The van der Waals surface area contributed by atoms with Gasteiger partial charge >= 0.3 is 0 Å². The molecule has 0 spiro atoms. The summed E-state index contributed by atoms with van der Waals surface area (Å²) in [6.45, 7) is 5.20. The summed E-state index contributed by atoms with van der Waals surface area (Å²) in [6, 6.07) is 0.591. The Morgan fingerprint density at radius 2 is 2.00 bits per heavy atom. The molecular weight excluding hydrogens is 112 g/mol. The van der Waals surface area contributed by atoms with Crippen LogP contribution in [0.4, 0.5) is 0 Å². The Kier molecular flexibility index (Phi) is 4.72. The molecule has 0 aromatic heterocycles. The van der Waals surface area contributed by atoms with Crippen molar-refractivity contribution in [3.8, 4) is 0 Å². The van der Waals surface area contributed by atoms with Gasteiger partial charge in [-0.1, -0.05) is 6.92 Å². The maximum Gasteiger partial charge on any atom is 0.00618 e. The first kappa shape index (κ1) is 8.92. The van der Waals surface area contributed by atoms with E-state index in [9.17, 15) is 0 Å². The fourth-order valence-corrected chi connectivity index (χ4v) is 0.797. The lowest BCUT2D eigenvalue weighted by Gasteiger charge is -2.17. The molecule has 0 saturated heterocycles. The second-order valence-electron chi connectivity index (χ2n) is 2.63. The van der Waals surface area contributed by atoms with Crippen LogP contribution >= 0.6 is 0 Å². The van der Waals surface area contributed by atoms with Crippen molar-refractivity contribution >= 4 is 0 Å². The monoisotopic (exact) mass is 130 g/mol. The lowest BCUT2D eigenvalue weighted by molar-refractivity contribution is 0.406. The summed E-state index contributed by atoms with van der Waals surface area (Å²) in [5, 5.41) is 3.19. The molecule has 0 aliphatic carbocycles. The number of nitrogens with two attached hydrogens (primary N) is 1. The fraction of sp³-hybridized carbons (Fsp3) is 1.00. The van der Waals surface area contributed by atoms with E-state index in [0.717, 1.165) is 13.0 Å². The topological polar surface area (TPSA) is 38.0 Å². The Balaban J connectivity index is 3.32. The molecule has 2 atom stereocenters. The van der Waals surface area contributed by atoms with E-state index in [1.165, 1.54) is 0 Å². The number of nitrogens with one attached hydrogen (secondary N) is 1. The van der Waals surface area contributed by atoms with Gasteiger partial charge in [0.05, 0.1) is 0 Å². The zero-order chi connectivity index (χ0) is 7.28. The van der Waals surface area contributed by atoms with Gasteiger partial charge in [-0.25, -0.2) is 0 Å². The first-order chi connectivity index (χ1) is 4.22. The summed E-state index contributed by atoms with van der Waals surface area (Å²) >= 11 is 0. The number of rotatable bonds is 4. The minimum Gasteiger partial charge on any atom is -0.330 e. The summed E-state index contributed by atoms with van der Waals surface area (Å²) in [6.07, 6.45) is 1.11. The van der Waals surface area contributed by atoms with E-state index in [4.69, 9.17) is 5.73 Å². The predicted octanol–water partition coefficient (Wildman–Crippen LogP) is 0.579. The molecular formula is C7H18N2. The zero-order valence-corrected chi connectivity index (χ0v) is 6.65. The lowest BCUT2D eigenvalue weighted by atomic mass is 10.0. The molecule has 0 aromatic carbocycles. The molecule has 3 N–H and O–H groups in total. The van der Waals surface area contributed by atoms with Gasteiger partial charge in [0.25, 0.3) is 0 Å². The third-order valence-electron chi connectivity index (χ3n) is 1.93. The van der Waals surface area contributed by atoms with Gasteiger partial charge in [0.2, 0.25) is 0 Å². The van der Waals surface area contributed by atoms with E-state index in [1.807, 2.05) is 7.05 Å². The van der Waals surface area contributed by atoms with Crippen LogP contribution in [0.3, 0.4) is 0 Å². The highest BCUT2D eigenvalue weighted by Gasteiger charge is 2.07. The molecule has 0 aromatic rings. The highest BCUT2D eigenvalue weighted by molar-refractivity contribution is 4.65. The Hall–Kier alpha value is -0.0800. The van der Waals surface area contributed by atoms with Crippen molar-refractivity contribution in [1.82, 2.24) is 5.32 Å². The third kappa shape index (κ3) is 3.49. The highest BCUT2D eigenvalue weighted by Crippen LogP contribution is 2.04. The normalized spacial score (nSPS) is 17.3. The molecule has 2 nitrogen and oxygen atoms in total. The van der Waals surface area contributed by atoms with Crippen LogP contribution in [0.25, 0.3) is 0 Å². The van der Waals surface area contributed by atoms with Gasteiger partial charge in [0, 0.05) is 6.04 Å². The molecule has 0 rings (SSSR count). The van der Waals surface area contributed by atoms with Gasteiger partial charge in [-0.3, -0.25) is 0 Å². The summed E-state index contributed by atoms with van der Waals surface area (Å²) < 4.78 is 0. The third-order valence-corrected chi connectivity index (χ3v) is 1.93. The zero-order valence-electron chi connectivity index (χ0n) is 6.65. The van der Waals surface area contributed by atoms with E-state index in [2.05, 4.69) is 19.2 Å². The van der Waals surface area contributed by atoms with Gasteiger partial charge in [0.15, 0.2) is 0 Å². The summed E-state index contributed by atoms with van der Waals surface area (Å²) in [5.74, 6) is 0.694. The maximum atomic E-state index is 5.39. The van der Waals surface area contributed by atoms with Crippen molar-refractivity contribution < 1.29 is 0 Å². The van der Waals surface area contributed by atoms with Crippen LogP contribution in [-0.2, 0) is 0 Å². The minimum atomic E-state index is 0.591. The van der Waals surface area contributed by atoms with E-state index < -0.39 is 0 Å². The quantitative estimate of drug-likeness (QED) is 0.584. The summed E-state index contributed by atoms with van der Waals surface area (Å²) in [7, 11) is 1.98. The van der Waals surface area contributed by atoms with Crippen LogP contribution in [-0.4, -0.2) is 19.6 Å². The maximum absolute atomic E-state index is 5.39. The molecule has 2 unspecified atom stereocenters. The van der Waals surface area contributed by atoms with Crippen LogP contribution in [0.15, 0.2) is 0 Å². The molecule has 0 amide bonds. The van der Waals surface area contributed by atoms with Crippen LogP contribution in [0.5, 0.6) is 0 Å². The lowest BCUT2D eigenvalue weighted by Crippen LogP contribution is -2.29. The molecule has 56 valence electrons. The van der Waals surface area contributed by atoms with Crippen LogP contribution in [0, 0.1) is 5.92 Å². The molecule has 2 heteroatoms. The van der Waals surface area contributed by atoms with E-state index >= 15 is 0 Å². The van der Waals surface area contributed by atoms with Gasteiger partial charge in [-0.2, -0.15) is 0 Å². The minimum absolute atomic E-state index is 0.591. The summed E-state index contributed by atoms with van der Waals surface area (Å²) in [4.78, 5) is 0. The standard InChI is InChI=1S/C7H18N2/c1-6(4-5-8)7(2)9-3/h6-7,9H,4-5,8H2,1-3H3.